The molecule has 1 atom stereocenters. The first-order chi connectivity index (χ1) is 13.0. The molecule has 0 aliphatic carbocycles. The Morgan fingerprint density at radius 3 is 2.26 bits per heavy atom. The van der Waals surface area contributed by atoms with Crippen LogP contribution >= 0.6 is 0 Å². The first-order valence-electron chi connectivity index (χ1n) is 8.40. The summed E-state index contributed by atoms with van der Waals surface area (Å²) in [4.78, 5) is 34.2. The molecule has 1 aliphatic heterocycles. The number of benzene rings is 2. The van der Waals surface area contributed by atoms with Crippen molar-refractivity contribution in [2.75, 3.05) is 6.54 Å². The highest BCUT2D eigenvalue weighted by atomic mass is 19.1. The molecule has 8 heteroatoms. The lowest BCUT2D eigenvalue weighted by atomic mass is 10.1. The summed E-state index contributed by atoms with van der Waals surface area (Å²) < 4.78 is 18.5. The van der Waals surface area contributed by atoms with Gasteiger partial charge < -0.3 is 15.4 Å². The second-order valence-corrected chi connectivity index (χ2v) is 6.02. The molecule has 0 spiro atoms. The average molecular weight is 371 g/mol. The third-order valence-corrected chi connectivity index (χ3v) is 3.96. The van der Waals surface area contributed by atoms with Crippen molar-refractivity contribution < 1.29 is 23.5 Å². The fourth-order valence-corrected chi connectivity index (χ4v) is 2.57. The van der Waals surface area contributed by atoms with Gasteiger partial charge in [0.15, 0.2) is 0 Å². The van der Waals surface area contributed by atoms with Gasteiger partial charge in [-0.3, -0.25) is 14.9 Å². The number of rotatable bonds is 7. The number of carbonyl (C=O) groups excluding carboxylic acids is 3. The molecule has 1 heterocycles. The summed E-state index contributed by atoms with van der Waals surface area (Å²) in [6, 6.07) is 11.7. The van der Waals surface area contributed by atoms with Crippen LogP contribution in [0.5, 0.6) is 11.5 Å². The van der Waals surface area contributed by atoms with Gasteiger partial charge in [-0.1, -0.05) is 12.1 Å². The number of hydrogen-bond donors (Lipinski definition) is 3. The van der Waals surface area contributed by atoms with Gasteiger partial charge in [0, 0.05) is 6.54 Å². The van der Waals surface area contributed by atoms with Crippen LogP contribution in [0.15, 0.2) is 48.5 Å². The van der Waals surface area contributed by atoms with Crippen LogP contribution in [-0.2, 0) is 16.0 Å². The highest BCUT2D eigenvalue weighted by Gasteiger charge is 2.30. The molecule has 4 amide bonds. The van der Waals surface area contributed by atoms with Crippen molar-refractivity contribution in [3.8, 4) is 11.5 Å². The number of hydrogen-bond acceptors (Lipinski definition) is 4. The SMILES string of the molecule is O=C(CC1NC(=O)NC1=O)NCCc1ccc(Oc2ccc(F)cc2)cc1. The molecule has 3 N–H and O–H groups in total. The number of amides is 4. The van der Waals surface area contributed by atoms with Gasteiger partial charge in [0.05, 0.1) is 6.42 Å². The topological polar surface area (TPSA) is 96.5 Å². The first-order valence-corrected chi connectivity index (χ1v) is 8.40. The molecule has 0 saturated carbocycles. The van der Waals surface area contributed by atoms with Crippen molar-refractivity contribution in [1.82, 2.24) is 16.0 Å². The molecule has 1 saturated heterocycles. The lowest BCUT2D eigenvalue weighted by Gasteiger charge is -2.09. The summed E-state index contributed by atoms with van der Waals surface area (Å²) in [5.74, 6) is 0.0352. The Morgan fingerprint density at radius 2 is 1.67 bits per heavy atom. The van der Waals surface area contributed by atoms with Gasteiger partial charge in [-0.25, -0.2) is 9.18 Å². The fourth-order valence-electron chi connectivity index (χ4n) is 2.57. The van der Waals surface area contributed by atoms with Crippen LogP contribution in [0.1, 0.15) is 12.0 Å². The van der Waals surface area contributed by atoms with E-state index in [0.29, 0.717) is 24.5 Å². The number of nitrogens with one attached hydrogen (secondary N) is 3. The van der Waals surface area contributed by atoms with Gasteiger partial charge in [-0.2, -0.15) is 0 Å². The summed E-state index contributed by atoms with van der Waals surface area (Å²) in [6.07, 6.45) is 0.508. The predicted molar refractivity (Wildman–Crippen MR) is 94.7 cm³/mol. The van der Waals surface area contributed by atoms with Crippen LogP contribution < -0.4 is 20.7 Å². The molecule has 0 aromatic heterocycles. The number of imide groups is 1. The largest absolute Gasteiger partial charge is 0.457 e. The van der Waals surface area contributed by atoms with E-state index in [1.54, 1.807) is 24.3 Å². The lowest BCUT2D eigenvalue weighted by molar-refractivity contribution is -0.126. The monoisotopic (exact) mass is 371 g/mol. The first kappa shape index (κ1) is 18.4. The van der Waals surface area contributed by atoms with Crippen LogP contribution in [0, 0.1) is 5.82 Å². The minimum atomic E-state index is -0.819. The molecule has 7 nitrogen and oxygen atoms in total. The molecule has 1 fully saturated rings. The summed E-state index contributed by atoms with van der Waals surface area (Å²) in [5, 5.41) is 7.17. The Hall–Kier alpha value is -3.42. The zero-order valence-corrected chi connectivity index (χ0v) is 14.3. The van der Waals surface area contributed by atoms with Crippen molar-refractivity contribution in [2.24, 2.45) is 0 Å². The Labute approximate surface area is 154 Å². The average Bonchev–Trinajstić information content (AvgIpc) is 2.95. The summed E-state index contributed by atoms with van der Waals surface area (Å²) in [7, 11) is 0. The van der Waals surface area contributed by atoms with Gasteiger partial charge in [0.25, 0.3) is 5.91 Å². The molecule has 2 aromatic rings. The smallest absolute Gasteiger partial charge is 0.322 e. The number of halogens is 1. The Bertz CT molecular complexity index is 837. The van der Waals surface area contributed by atoms with Gasteiger partial charge >= 0.3 is 6.03 Å². The van der Waals surface area contributed by atoms with Crippen molar-refractivity contribution in [3.05, 3.63) is 59.9 Å². The Kier molecular flexibility index (Phi) is 5.65. The van der Waals surface area contributed by atoms with E-state index in [1.807, 2.05) is 12.1 Å². The number of urea groups is 1. The normalized spacial score (nSPS) is 15.8. The van der Waals surface area contributed by atoms with E-state index in [4.69, 9.17) is 4.74 Å². The van der Waals surface area contributed by atoms with Crippen molar-refractivity contribution in [1.29, 1.82) is 0 Å². The highest BCUT2D eigenvalue weighted by molar-refractivity contribution is 6.05. The third kappa shape index (κ3) is 5.27. The van der Waals surface area contributed by atoms with Crippen molar-refractivity contribution >= 4 is 17.8 Å². The molecule has 3 rings (SSSR count). The van der Waals surface area contributed by atoms with E-state index in [1.165, 1.54) is 12.1 Å². The molecule has 0 bridgehead atoms. The highest BCUT2D eigenvalue weighted by Crippen LogP contribution is 2.21. The Morgan fingerprint density at radius 1 is 1.04 bits per heavy atom. The standard InChI is InChI=1S/C19H18FN3O4/c20-13-3-7-15(8-4-13)27-14-5-1-12(2-6-14)9-10-21-17(24)11-16-18(25)23-19(26)22-16/h1-8,16H,9-11H2,(H,21,24)(H2,22,23,25,26). The van der Waals surface area contributed by atoms with Gasteiger partial charge in [0.2, 0.25) is 5.91 Å². The number of carbonyl (C=O) groups is 3. The lowest BCUT2D eigenvalue weighted by Crippen LogP contribution is -2.36. The molecule has 27 heavy (non-hydrogen) atoms. The maximum absolute atomic E-state index is 12.9. The Balaban J connectivity index is 1.42. The van der Waals surface area contributed by atoms with E-state index in [2.05, 4.69) is 16.0 Å². The minimum Gasteiger partial charge on any atom is -0.457 e. The van der Waals surface area contributed by atoms with E-state index in [-0.39, 0.29) is 18.1 Å². The molecule has 2 aromatic carbocycles. The maximum Gasteiger partial charge on any atom is 0.322 e. The van der Waals surface area contributed by atoms with E-state index >= 15 is 0 Å². The van der Waals surface area contributed by atoms with E-state index < -0.39 is 18.0 Å². The van der Waals surface area contributed by atoms with Crippen LogP contribution in [0.3, 0.4) is 0 Å². The third-order valence-electron chi connectivity index (χ3n) is 3.96. The van der Waals surface area contributed by atoms with Crippen LogP contribution in [0.2, 0.25) is 0 Å². The van der Waals surface area contributed by atoms with Crippen LogP contribution in [-0.4, -0.2) is 30.4 Å². The summed E-state index contributed by atoms with van der Waals surface area (Å²) in [5.41, 5.74) is 0.994. The predicted octanol–water partition coefficient (Wildman–Crippen LogP) is 1.87. The maximum atomic E-state index is 12.9. The van der Waals surface area contributed by atoms with E-state index in [0.717, 1.165) is 5.56 Å². The minimum absolute atomic E-state index is 0.0952. The quantitative estimate of drug-likeness (QED) is 0.648. The molecule has 1 aliphatic rings. The van der Waals surface area contributed by atoms with Gasteiger partial charge in [-0.05, 0) is 48.4 Å². The van der Waals surface area contributed by atoms with Gasteiger partial charge in [0.1, 0.15) is 23.4 Å². The van der Waals surface area contributed by atoms with E-state index in [9.17, 15) is 18.8 Å². The fraction of sp³-hybridized carbons (Fsp3) is 0.211. The summed E-state index contributed by atoms with van der Waals surface area (Å²) in [6.45, 7) is 0.402. The van der Waals surface area contributed by atoms with Crippen molar-refractivity contribution in [2.45, 2.75) is 18.9 Å². The zero-order chi connectivity index (χ0) is 19.2. The molecular weight excluding hydrogens is 353 g/mol. The molecule has 1 unspecified atom stereocenters. The molecular formula is C19H18FN3O4. The summed E-state index contributed by atoms with van der Waals surface area (Å²) >= 11 is 0. The second kappa shape index (κ2) is 8.31. The zero-order valence-electron chi connectivity index (χ0n) is 14.3. The van der Waals surface area contributed by atoms with Crippen LogP contribution in [0.4, 0.5) is 9.18 Å². The van der Waals surface area contributed by atoms with Crippen LogP contribution in [0.25, 0.3) is 0 Å². The molecule has 0 radical (unpaired) electrons. The number of ether oxygens (including phenoxy) is 1. The second-order valence-electron chi connectivity index (χ2n) is 6.02. The molecule has 140 valence electrons. The van der Waals surface area contributed by atoms with Crippen molar-refractivity contribution in [3.63, 3.8) is 0 Å². The van der Waals surface area contributed by atoms with Gasteiger partial charge in [-0.15, -0.1) is 0 Å².